The first-order chi connectivity index (χ1) is 4.48. The van der Waals surface area contributed by atoms with Gasteiger partial charge >= 0.3 is 0 Å². The van der Waals surface area contributed by atoms with Gasteiger partial charge in [-0.2, -0.15) is 0 Å². The van der Waals surface area contributed by atoms with Crippen molar-refractivity contribution < 1.29 is 4.79 Å². The summed E-state index contributed by atoms with van der Waals surface area (Å²) in [6, 6.07) is 0. The Morgan fingerprint density at radius 3 is 2.20 bits per heavy atom. The summed E-state index contributed by atoms with van der Waals surface area (Å²) in [4.78, 5) is 10.2. The fourth-order valence-corrected chi connectivity index (χ4v) is 1.06. The molecule has 0 amide bonds. The van der Waals surface area contributed by atoms with Gasteiger partial charge in [0, 0.05) is 6.42 Å². The quantitative estimate of drug-likeness (QED) is 0.435. The van der Waals surface area contributed by atoms with E-state index in [0.29, 0.717) is 6.42 Å². The van der Waals surface area contributed by atoms with Crippen LogP contribution in [0, 0.1) is 5.41 Å². The first-order valence-electron chi connectivity index (χ1n) is 3.57. The SMILES string of the molecule is CC(C)=CC(C)(C)CC=O. The molecule has 58 valence electrons. The minimum atomic E-state index is 0.0422. The Balaban J connectivity index is 4.11. The third-order valence-corrected chi connectivity index (χ3v) is 1.29. The van der Waals surface area contributed by atoms with Crippen molar-refractivity contribution in [2.45, 2.75) is 34.1 Å². The Labute approximate surface area is 63.1 Å². The molecule has 0 aromatic carbocycles. The standard InChI is InChI=1S/C9H16O/c1-8(2)7-9(3,4)5-6-10/h6-7H,5H2,1-4H3. The highest BCUT2D eigenvalue weighted by Gasteiger charge is 2.12. The molecule has 0 saturated heterocycles. The number of aldehydes is 1. The largest absolute Gasteiger partial charge is 0.303 e. The maximum atomic E-state index is 10.2. The van der Waals surface area contributed by atoms with Gasteiger partial charge in [-0.25, -0.2) is 0 Å². The maximum absolute atomic E-state index is 10.2. The second kappa shape index (κ2) is 3.55. The third-order valence-electron chi connectivity index (χ3n) is 1.29. The molecule has 0 radical (unpaired) electrons. The molecule has 0 aromatic heterocycles. The van der Waals surface area contributed by atoms with Gasteiger partial charge in [-0.3, -0.25) is 0 Å². The van der Waals surface area contributed by atoms with Gasteiger partial charge in [0.1, 0.15) is 6.29 Å². The number of hydrogen-bond acceptors (Lipinski definition) is 1. The molecule has 0 aliphatic heterocycles. The van der Waals surface area contributed by atoms with E-state index in [0.717, 1.165) is 6.29 Å². The zero-order valence-corrected chi connectivity index (χ0v) is 7.27. The second-order valence-corrected chi connectivity index (χ2v) is 3.58. The summed E-state index contributed by atoms with van der Waals surface area (Å²) in [6.07, 6.45) is 3.71. The van der Waals surface area contributed by atoms with Gasteiger partial charge in [-0.05, 0) is 19.3 Å². The molecule has 0 saturated carbocycles. The van der Waals surface area contributed by atoms with Crippen LogP contribution in [-0.4, -0.2) is 6.29 Å². The van der Waals surface area contributed by atoms with Crippen molar-refractivity contribution in [1.82, 2.24) is 0 Å². The lowest BCUT2D eigenvalue weighted by atomic mass is 9.88. The van der Waals surface area contributed by atoms with Crippen molar-refractivity contribution in [1.29, 1.82) is 0 Å². The van der Waals surface area contributed by atoms with E-state index < -0.39 is 0 Å². The van der Waals surface area contributed by atoms with Gasteiger partial charge in [-0.1, -0.05) is 25.5 Å². The summed E-state index contributed by atoms with van der Waals surface area (Å²) in [6.45, 7) is 8.22. The number of allylic oxidation sites excluding steroid dienone is 2. The van der Waals surface area contributed by atoms with E-state index in [2.05, 4.69) is 19.9 Å². The molecule has 0 spiro atoms. The molecule has 0 rings (SSSR count). The van der Waals surface area contributed by atoms with E-state index in [1.165, 1.54) is 5.57 Å². The molecule has 0 N–H and O–H groups in total. The Bertz CT molecular complexity index is 139. The Morgan fingerprint density at radius 1 is 1.40 bits per heavy atom. The molecule has 0 atom stereocenters. The number of rotatable bonds is 3. The lowest BCUT2D eigenvalue weighted by molar-refractivity contribution is -0.109. The Hall–Kier alpha value is -0.590. The van der Waals surface area contributed by atoms with Gasteiger partial charge < -0.3 is 4.79 Å². The van der Waals surface area contributed by atoms with Crippen molar-refractivity contribution in [2.24, 2.45) is 5.41 Å². The number of hydrogen-bond donors (Lipinski definition) is 0. The molecular formula is C9H16O. The lowest BCUT2D eigenvalue weighted by Crippen LogP contribution is -2.07. The Morgan fingerprint density at radius 2 is 1.90 bits per heavy atom. The van der Waals surface area contributed by atoms with Crippen LogP contribution < -0.4 is 0 Å². The summed E-state index contributed by atoms with van der Waals surface area (Å²) < 4.78 is 0. The number of carbonyl (C=O) groups is 1. The van der Waals surface area contributed by atoms with E-state index in [1.54, 1.807) is 0 Å². The highest BCUT2D eigenvalue weighted by Crippen LogP contribution is 2.21. The van der Waals surface area contributed by atoms with Gasteiger partial charge in [0.15, 0.2) is 0 Å². The maximum Gasteiger partial charge on any atom is 0.120 e. The molecule has 0 heterocycles. The first kappa shape index (κ1) is 9.41. The number of carbonyl (C=O) groups excluding carboxylic acids is 1. The molecule has 0 unspecified atom stereocenters. The van der Waals surface area contributed by atoms with Gasteiger partial charge in [0.25, 0.3) is 0 Å². The van der Waals surface area contributed by atoms with Gasteiger partial charge in [0.2, 0.25) is 0 Å². The van der Waals surface area contributed by atoms with Crippen molar-refractivity contribution in [3.63, 3.8) is 0 Å². The highest BCUT2D eigenvalue weighted by atomic mass is 16.1. The van der Waals surface area contributed by atoms with Crippen LogP contribution in [-0.2, 0) is 4.79 Å². The second-order valence-electron chi connectivity index (χ2n) is 3.58. The van der Waals surface area contributed by atoms with Crippen molar-refractivity contribution in [3.8, 4) is 0 Å². The van der Waals surface area contributed by atoms with Crippen LogP contribution in [0.2, 0.25) is 0 Å². The smallest absolute Gasteiger partial charge is 0.120 e. The monoisotopic (exact) mass is 140 g/mol. The highest BCUT2D eigenvalue weighted by molar-refractivity contribution is 5.51. The molecule has 0 aromatic rings. The van der Waals surface area contributed by atoms with Crippen LogP contribution in [0.3, 0.4) is 0 Å². The molecule has 1 nitrogen and oxygen atoms in total. The Kier molecular flexibility index (Phi) is 3.34. The average Bonchev–Trinajstić information content (AvgIpc) is 1.59. The van der Waals surface area contributed by atoms with Crippen molar-refractivity contribution in [2.75, 3.05) is 0 Å². The zero-order valence-electron chi connectivity index (χ0n) is 7.27. The van der Waals surface area contributed by atoms with E-state index in [9.17, 15) is 4.79 Å². The summed E-state index contributed by atoms with van der Waals surface area (Å²) in [5.74, 6) is 0. The van der Waals surface area contributed by atoms with Crippen LogP contribution >= 0.6 is 0 Å². The summed E-state index contributed by atoms with van der Waals surface area (Å²) in [7, 11) is 0. The van der Waals surface area contributed by atoms with Crippen molar-refractivity contribution >= 4 is 6.29 Å². The third kappa shape index (κ3) is 4.30. The van der Waals surface area contributed by atoms with Crippen LogP contribution in [0.15, 0.2) is 11.6 Å². The molecule has 10 heavy (non-hydrogen) atoms. The summed E-state index contributed by atoms with van der Waals surface area (Å²) in [5.41, 5.74) is 1.31. The average molecular weight is 140 g/mol. The first-order valence-corrected chi connectivity index (χ1v) is 3.57. The van der Waals surface area contributed by atoms with Crippen LogP contribution in [0.4, 0.5) is 0 Å². The van der Waals surface area contributed by atoms with E-state index >= 15 is 0 Å². The van der Waals surface area contributed by atoms with E-state index in [-0.39, 0.29) is 5.41 Å². The van der Waals surface area contributed by atoms with E-state index in [1.807, 2.05) is 13.8 Å². The zero-order chi connectivity index (χ0) is 8.20. The lowest BCUT2D eigenvalue weighted by Gasteiger charge is -2.16. The predicted octanol–water partition coefficient (Wildman–Crippen LogP) is 2.57. The summed E-state index contributed by atoms with van der Waals surface area (Å²) >= 11 is 0. The fraction of sp³-hybridized carbons (Fsp3) is 0.667. The minimum Gasteiger partial charge on any atom is -0.303 e. The van der Waals surface area contributed by atoms with Crippen molar-refractivity contribution in [3.05, 3.63) is 11.6 Å². The van der Waals surface area contributed by atoms with E-state index in [4.69, 9.17) is 0 Å². The predicted molar refractivity (Wildman–Crippen MR) is 43.9 cm³/mol. The molecule has 0 fully saturated rings. The van der Waals surface area contributed by atoms with Crippen LogP contribution in [0.5, 0.6) is 0 Å². The molecule has 1 heteroatoms. The van der Waals surface area contributed by atoms with Crippen LogP contribution in [0.25, 0.3) is 0 Å². The summed E-state index contributed by atoms with van der Waals surface area (Å²) in [5, 5.41) is 0. The molecule has 0 aliphatic rings. The van der Waals surface area contributed by atoms with Gasteiger partial charge in [0.05, 0.1) is 0 Å². The normalized spacial score (nSPS) is 10.8. The molecule has 0 aliphatic carbocycles. The van der Waals surface area contributed by atoms with Gasteiger partial charge in [-0.15, -0.1) is 0 Å². The minimum absolute atomic E-state index is 0.0422. The fourth-order valence-electron chi connectivity index (χ4n) is 1.06. The molecule has 0 bridgehead atoms. The van der Waals surface area contributed by atoms with Crippen LogP contribution in [0.1, 0.15) is 34.1 Å². The molecular weight excluding hydrogens is 124 g/mol. The topological polar surface area (TPSA) is 17.1 Å².